The standard InChI is InChI=1S/C14H21F.HO2P/c1-13(2,3)10-7-8-12(15)11(9-10)14(4,5)6;1-3-2/h7-9H,1-6H3;(H,1,2). The highest BCUT2D eigenvalue weighted by atomic mass is 31.1. The van der Waals surface area contributed by atoms with Crippen molar-refractivity contribution in [2.75, 3.05) is 0 Å². The van der Waals surface area contributed by atoms with E-state index >= 15 is 0 Å². The monoisotopic (exact) mass is 272 g/mol. The number of benzene rings is 1. The molecule has 0 aliphatic heterocycles. The molecule has 0 atom stereocenters. The molecular weight excluding hydrogens is 250 g/mol. The minimum atomic E-state index is -0.833. The number of rotatable bonds is 0. The zero-order chi connectivity index (χ0) is 14.6. The second kappa shape index (κ2) is 6.40. The molecule has 4 heteroatoms. The smallest absolute Gasteiger partial charge is 0.310 e. The SMILES string of the molecule is CC(C)(C)c1ccc(F)c(C(C)(C)C)c1.O=PO. The van der Waals surface area contributed by atoms with Gasteiger partial charge >= 0.3 is 8.69 Å². The Morgan fingerprint density at radius 1 is 1.06 bits per heavy atom. The van der Waals surface area contributed by atoms with E-state index in [1.54, 1.807) is 6.07 Å². The van der Waals surface area contributed by atoms with Crippen molar-refractivity contribution >= 4 is 8.69 Å². The van der Waals surface area contributed by atoms with Gasteiger partial charge < -0.3 is 4.89 Å². The lowest BCUT2D eigenvalue weighted by Gasteiger charge is -2.25. The van der Waals surface area contributed by atoms with Crippen LogP contribution in [0.1, 0.15) is 52.7 Å². The summed E-state index contributed by atoms with van der Waals surface area (Å²) in [7, 11) is -0.833. The molecule has 0 amide bonds. The van der Waals surface area contributed by atoms with E-state index in [-0.39, 0.29) is 16.6 Å². The second-order valence-electron chi connectivity index (χ2n) is 6.28. The molecule has 1 N–H and O–H groups in total. The highest BCUT2D eigenvalue weighted by molar-refractivity contribution is 7.16. The van der Waals surface area contributed by atoms with E-state index in [4.69, 9.17) is 9.46 Å². The Labute approximate surface area is 111 Å². The maximum atomic E-state index is 13.7. The summed E-state index contributed by atoms with van der Waals surface area (Å²) in [6.07, 6.45) is 0. The highest BCUT2D eigenvalue weighted by Gasteiger charge is 2.22. The van der Waals surface area contributed by atoms with Gasteiger partial charge in [-0.1, -0.05) is 53.7 Å². The van der Waals surface area contributed by atoms with Crippen LogP contribution in [0, 0.1) is 5.82 Å². The minimum Gasteiger partial charge on any atom is -0.310 e. The predicted molar refractivity (Wildman–Crippen MR) is 73.6 cm³/mol. The second-order valence-corrected chi connectivity index (χ2v) is 6.44. The Morgan fingerprint density at radius 2 is 1.50 bits per heavy atom. The van der Waals surface area contributed by atoms with Crippen LogP contribution in [0.15, 0.2) is 18.2 Å². The van der Waals surface area contributed by atoms with Crippen LogP contribution in [0.25, 0.3) is 0 Å². The quantitative estimate of drug-likeness (QED) is 0.700. The Hall–Kier alpha value is -0.790. The van der Waals surface area contributed by atoms with Crippen molar-refractivity contribution in [3.05, 3.63) is 35.1 Å². The first-order chi connectivity index (χ1) is 8.04. The predicted octanol–water partition coefficient (Wildman–Crippen LogP) is 4.61. The Kier molecular flexibility index (Phi) is 6.12. The molecule has 0 aliphatic carbocycles. The van der Waals surface area contributed by atoms with Crippen molar-refractivity contribution in [3.63, 3.8) is 0 Å². The van der Waals surface area contributed by atoms with E-state index in [0.29, 0.717) is 0 Å². The molecule has 102 valence electrons. The molecule has 1 aromatic rings. The largest absolute Gasteiger partial charge is 0.324 e. The summed E-state index contributed by atoms with van der Waals surface area (Å²) in [5, 5.41) is 0. The van der Waals surface area contributed by atoms with Gasteiger partial charge in [-0.3, -0.25) is 0 Å². The normalized spacial score (nSPS) is 12.0. The van der Waals surface area contributed by atoms with Gasteiger partial charge in [0, 0.05) is 0 Å². The maximum absolute atomic E-state index is 13.7. The fourth-order valence-electron chi connectivity index (χ4n) is 1.57. The van der Waals surface area contributed by atoms with Gasteiger partial charge in [0.05, 0.1) is 0 Å². The Bertz CT molecular complexity index is 403. The van der Waals surface area contributed by atoms with Gasteiger partial charge in [0.15, 0.2) is 0 Å². The van der Waals surface area contributed by atoms with Crippen LogP contribution in [0.5, 0.6) is 0 Å². The van der Waals surface area contributed by atoms with Crippen LogP contribution in [0.3, 0.4) is 0 Å². The molecule has 18 heavy (non-hydrogen) atoms. The van der Waals surface area contributed by atoms with Crippen LogP contribution in [-0.2, 0) is 15.4 Å². The zero-order valence-corrected chi connectivity index (χ0v) is 12.8. The molecule has 0 bridgehead atoms. The molecule has 0 saturated carbocycles. The molecule has 0 saturated heterocycles. The summed E-state index contributed by atoms with van der Waals surface area (Å²) in [6, 6.07) is 5.46. The molecule has 2 nitrogen and oxygen atoms in total. The molecule has 0 aromatic heterocycles. The van der Waals surface area contributed by atoms with Crippen molar-refractivity contribution in [2.45, 2.75) is 52.4 Å². The van der Waals surface area contributed by atoms with Crippen molar-refractivity contribution in [1.82, 2.24) is 0 Å². The average Bonchev–Trinajstić information content (AvgIpc) is 2.15. The first-order valence-electron chi connectivity index (χ1n) is 5.81. The minimum absolute atomic E-state index is 0.0771. The lowest BCUT2D eigenvalue weighted by atomic mass is 9.80. The summed E-state index contributed by atoms with van der Waals surface area (Å²) in [4.78, 5) is 6.99. The number of hydrogen-bond donors (Lipinski definition) is 1. The Balaban J connectivity index is 0.000000873. The molecule has 1 rings (SSSR count). The molecule has 0 unspecified atom stereocenters. The zero-order valence-electron chi connectivity index (χ0n) is 11.9. The Morgan fingerprint density at radius 3 is 1.83 bits per heavy atom. The fourth-order valence-corrected chi connectivity index (χ4v) is 1.57. The number of halogens is 1. The van der Waals surface area contributed by atoms with Gasteiger partial charge in [-0.05, 0) is 28.0 Å². The molecule has 0 radical (unpaired) electrons. The molecule has 1 aromatic carbocycles. The third-order valence-electron chi connectivity index (χ3n) is 2.64. The van der Waals surface area contributed by atoms with E-state index in [1.807, 2.05) is 32.9 Å². The lowest BCUT2D eigenvalue weighted by Crippen LogP contribution is -2.17. The third-order valence-corrected chi connectivity index (χ3v) is 2.64. The van der Waals surface area contributed by atoms with E-state index in [9.17, 15) is 4.39 Å². The molecule has 0 aliphatic rings. The van der Waals surface area contributed by atoms with Gasteiger partial charge in [-0.15, -0.1) is 0 Å². The average molecular weight is 272 g/mol. The van der Waals surface area contributed by atoms with E-state index in [0.717, 1.165) is 5.56 Å². The van der Waals surface area contributed by atoms with Gasteiger partial charge in [0.1, 0.15) is 5.82 Å². The van der Waals surface area contributed by atoms with Crippen molar-refractivity contribution in [1.29, 1.82) is 0 Å². The molecule has 0 fully saturated rings. The van der Waals surface area contributed by atoms with E-state index < -0.39 is 8.69 Å². The molecule has 0 heterocycles. The summed E-state index contributed by atoms with van der Waals surface area (Å²) >= 11 is 0. The van der Waals surface area contributed by atoms with Crippen molar-refractivity contribution in [2.24, 2.45) is 0 Å². The molecular formula is C14H22FO2P. The van der Waals surface area contributed by atoms with Gasteiger partial charge in [0.25, 0.3) is 0 Å². The van der Waals surface area contributed by atoms with Crippen LogP contribution < -0.4 is 0 Å². The first-order valence-corrected chi connectivity index (χ1v) is 6.57. The van der Waals surface area contributed by atoms with Gasteiger partial charge in [0.2, 0.25) is 0 Å². The first kappa shape index (κ1) is 17.2. The van der Waals surface area contributed by atoms with Crippen LogP contribution in [0.4, 0.5) is 4.39 Å². The maximum Gasteiger partial charge on any atom is 0.324 e. The summed E-state index contributed by atoms with van der Waals surface area (Å²) in [5.74, 6) is -0.101. The summed E-state index contributed by atoms with van der Waals surface area (Å²) in [6.45, 7) is 12.6. The fraction of sp³-hybridized carbons (Fsp3) is 0.571. The lowest BCUT2D eigenvalue weighted by molar-refractivity contribution is 0.514. The van der Waals surface area contributed by atoms with Gasteiger partial charge in [-0.25, -0.2) is 8.96 Å². The summed E-state index contributed by atoms with van der Waals surface area (Å²) in [5.41, 5.74) is 1.93. The van der Waals surface area contributed by atoms with Crippen LogP contribution in [-0.4, -0.2) is 4.89 Å². The molecule has 0 spiro atoms. The summed E-state index contributed by atoms with van der Waals surface area (Å²) < 4.78 is 22.1. The van der Waals surface area contributed by atoms with Gasteiger partial charge in [-0.2, -0.15) is 0 Å². The highest BCUT2D eigenvalue weighted by Crippen LogP contribution is 2.30. The van der Waals surface area contributed by atoms with Crippen molar-refractivity contribution in [3.8, 4) is 0 Å². The van der Waals surface area contributed by atoms with E-state index in [2.05, 4.69) is 20.8 Å². The topological polar surface area (TPSA) is 37.3 Å². The van der Waals surface area contributed by atoms with Crippen LogP contribution >= 0.6 is 8.69 Å². The third kappa shape index (κ3) is 5.24. The van der Waals surface area contributed by atoms with Crippen LogP contribution in [0.2, 0.25) is 0 Å². The van der Waals surface area contributed by atoms with E-state index in [1.165, 1.54) is 5.56 Å². The number of hydrogen-bond acceptors (Lipinski definition) is 1. The van der Waals surface area contributed by atoms with Crippen molar-refractivity contribution < 1.29 is 13.8 Å².